The van der Waals surface area contributed by atoms with Crippen LogP contribution < -0.4 is 0 Å². The highest BCUT2D eigenvalue weighted by molar-refractivity contribution is 5.00. The third kappa shape index (κ3) is 4.02. The van der Waals surface area contributed by atoms with Crippen LogP contribution in [0.25, 0.3) is 0 Å². The van der Waals surface area contributed by atoms with E-state index in [0.29, 0.717) is 6.10 Å². The summed E-state index contributed by atoms with van der Waals surface area (Å²) in [7, 11) is 0. The molecule has 5 nitrogen and oxygen atoms in total. The molecular weight excluding hydrogens is 304 g/mol. The second-order valence-electron chi connectivity index (χ2n) is 7.60. The summed E-state index contributed by atoms with van der Waals surface area (Å²) < 4.78 is 17.8. The molecule has 5 heteroatoms. The van der Waals surface area contributed by atoms with Gasteiger partial charge in [-0.1, -0.05) is 0 Å². The van der Waals surface area contributed by atoms with Crippen molar-refractivity contribution in [3.8, 4) is 0 Å². The van der Waals surface area contributed by atoms with Crippen molar-refractivity contribution in [3.05, 3.63) is 24.2 Å². The maximum atomic E-state index is 6.21. The minimum absolute atomic E-state index is 0.0674. The first-order chi connectivity index (χ1) is 11.8. The molecule has 0 aliphatic carbocycles. The number of hydrogen-bond donors (Lipinski definition) is 0. The summed E-state index contributed by atoms with van der Waals surface area (Å²) in [6.07, 6.45) is 8.05. The van der Waals surface area contributed by atoms with E-state index >= 15 is 0 Å². The second kappa shape index (κ2) is 7.56. The number of hydrogen-bond acceptors (Lipinski definition) is 5. The minimum Gasteiger partial charge on any atom is -0.468 e. The van der Waals surface area contributed by atoms with Crippen LogP contribution in [0.15, 0.2) is 22.8 Å². The van der Waals surface area contributed by atoms with Gasteiger partial charge in [0.05, 0.1) is 37.7 Å². The predicted octanol–water partition coefficient (Wildman–Crippen LogP) is 2.52. The standard InChI is InChI=1S/C19H30N2O3/c1-2-8-20(7-1)11-13-23-18-14-19(24-16-18)5-9-21(10-6-19)15-17-4-3-12-22-17/h3-4,12,18H,1-2,5-11,13-16H2. The molecule has 3 saturated heterocycles. The number of likely N-dealkylation sites (tertiary alicyclic amines) is 2. The summed E-state index contributed by atoms with van der Waals surface area (Å²) >= 11 is 0. The first-order valence-corrected chi connectivity index (χ1v) is 9.54. The lowest BCUT2D eigenvalue weighted by Crippen LogP contribution is -2.43. The third-order valence-electron chi connectivity index (χ3n) is 5.86. The molecular formula is C19H30N2O3. The van der Waals surface area contributed by atoms with Gasteiger partial charge in [0.15, 0.2) is 0 Å². The van der Waals surface area contributed by atoms with Crippen LogP contribution >= 0.6 is 0 Å². The Kier molecular flexibility index (Phi) is 5.22. The lowest BCUT2D eigenvalue weighted by atomic mass is 9.88. The van der Waals surface area contributed by atoms with Gasteiger partial charge in [0.2, 0.25) is 0 Å². The quantitative estimate of drug-likeness (QED) is 0.799. The highest BCUT2D eigenvalue weighted by Crippen LogP contribution is 2.37. The normalized spacial score (nSPS) is 28.1. The van der Waals surface area contributed by atoms with E-state index in [-0.39, 0.29) is 5.60 Å². The molecule has 0 aromatic carbocycles. The van der Waals surface area contributed by atoms with Crippen LogP contribution in [0.1, 0.15) is 37.9 Å². The van der Waals surface area contributed by atoms with Crippen molar-refractivity contribution in [2.45, 2.75) is 50.4 Å². The topological polar surface area (TPSA) is 38.1 Å². The number of ether oxygens (including phenoxy) is 2. The Morgan fingerprint density at radius 1 is 1.12 bits per heavy atom. The smallest absolute Gasteiger partial charge is 0.117 e. The number of furan rings is 1. The second-order valence-corrected chi connectivity index (χ2v) is 7.60. The van der Waals surface area contributed by atoms with Gasteiger partial charge in [-0.05, 0) is 50.9 Å². The Labute approximate surface area is 144 Å². The van der Waals surface area contributed by atoms with Gasteiger partial charge in [0.1, 0.15) is 5.76 Å². The van der Waals surface area contributed by atoms with Gasteiger partial charge < -0.3 is 18.8 Å². The molecule has 0 saturated carbocycles. The fraction of sp³-hybridized carbons (Fsp3) is 0.789. The van der Waals surface area contributed by atoms with Gasteiger partial charge in [0.25, 0.3) is 0 Å². The summed E-state index contributed by atoms with van der Waals surface area (Å²) in [5.74, 6) is 1.06. The predicted molar refractivity (Wildman–Crippen MR) is 91.9 cm³/mol. The van der Waals surface area contributed by atoms with Crippen molar-refractivity contribution < 1.29 is 13.9 Å². The maximum Gasteiger partial charge on any atom is 0.117 e. The van der Waals surface area contributed by atoms with E-state index in [9.17, 15) is 0 Å². The van der Waals surface area contributed by atoms with Crippen molar-refractivity contribution in [3.63, 3.8) is 0 Å². The van der Waals surface area contributed by atoms with Gasteiger partial charge in [-0.3, -0.25) is 4.90 Å². The molecule has 1 spiro atoms. The van der Waals surface area contributed by atoms with Gasteiger partial charge in [0, 0.05) is 26.1 Å². The van der Waals surface area contributed by atoms with E-state index in [1.165, 1.54) is 25.9 Å². The zero-order chi connectivity index (χ0) is 16.2. The van der Waals surface area contributed by atoms with Crippen LogP contribution in [0.3, 0.4) is 0 Å². The van der Waals surface area contributed by atoms with Crippen LogP contribution in [-0.4, -0.2) is 67.4 Å². The number of piperidine rings is 1. The molecule has 134 valence electrons. The summed E-state index contributed by atoms with van der Waals surface area (Å²) in [5.41, 5.74) is 0.0674. The van der Waals surface area contributed by atoms with Crippen LogP contribution in [0.4, 0.5) is 0 Å². The van der Waals surface area contributed by atoms with E-state index in [1.807, 2.05) is 6.07 Å². The first kappa shape index (κ1) is 16.6. The molecule has 3 aliphatic heterocycles. The molecule has 3 fully saturated rings. The molecule has 1 unspecified atom stereocenters. The lowest BCUT2D eigenvalue weighted by molar-refractivity contribution is -0.0475. The fourth-order valence-electron chi connectivity index (χ4n) is 4.35. The Hall–Kier alpha value is -0.880. The Bertz CT molecular complexity index is 491. The Morgan fingerprint density at radius 2 is 1.96 bits per heavy atom. The van der Waals surface area contributed by atoms with Gasteiger partial charge >= 0.3 is 0 Å². The van der Waals surface area contributed by atoms with E-state index in [0.717, 1.165) is 64.4 Å². The Morgan fingerprint density at radius 3 is 2.71 bits per heavy atom. The minimum atomic E-state index is 0.0674. The molecule has 4 heterocycles. The largest absolute Gasteiger partial charge is 0.468 e. The lowest BCUT2D eigenvalue weighted by Gasteiger charge is -2.38. The van der Waals surface area contributed by atoms with Crippen molar-refractivity contribution in [1.29, 1.82) is 0 Å². The SMILES string of the molecule is c1coc(CN2CCC3(CC2)CC(OCCN2CCCC2)CO3)c1. The monoisotopic (exact) mass is 334 g/mol. The van der Waals surface area contributed by atoms with E-state index < -0.39 is 0 Å². The molecule has 1 aromatic rings. The molecule has 24 heavy (non-hydrogen) atoms. The molecule has 1 atom stereocenters. The molecule has 1 aromatic heterocycles. The maximum absolute atomic E-state index is 6.21. The van der Waals surface area contributed by atoms with Gasteiger partial charge in [-0.15, -0.1) is 0 Å². The molecule has 0 radical (unpaired) electrons. The first-order valence-electron chi connectivity index (χ1n) is 9.54. The van der Waals surface area contributed by atoms with Gasteiger partial charge in [-0.25, -0.2) is 0 Å². The highest BCUT2D eigenvalue weighted by Gasteiger charge is 2.43. The molecule has 0 amide bonds. The average molecular weight is 334 g/mol. The number of rotatable bonds is 6. The summed E-state index contributed by atoms with van der Waals surface area (Å²) in [4.78, 5) is 4.98. The highest BCUT2D eigenvalue weighted by atomic mass is 16.6. The fourth-order valence-corrected chi connectivity index (χ4v) is 4.35. The van der Waals surface area contributed by atoms with Crippen LogP contribution in [-0.2, 0) is 16.0 Å². The summed E-state index contributed by atoms with van der Waals surface area (Å²) in [5, 5.41) is 0. The molecule has 0 bridgehead atoms. The zero-order valence-corrected chi connectivity index (χ0v) is 14.6. The van der Waals surface area contributed by atoms with E-state index in [4.69, 9.17) is 13.9 Å². The van der Waals surface area contributed by atoms with Crippen LogP contribution in [0.5, 0.6) is 0 Å². The summed E-state index contributed by atoms with van der Waals surface area (Å²) in [6.45, 7) is 8.30. The molecule has 0 N–H and O–H groups in total. The van der Waals surface area contributed by atoms with Crippen molar-refractivity contribution in [2.75, 3.05) is 45.9 Å². The Balaban J connectivity index is 1.17. The number of nitrogens with zero attached hydrogens (tertiary/aromatic N) is 2. The van der Waals surface area contributed by atoms with Crippen LogP contribution in [0.2, 0.25) is 0 Å². The van der Waals surface area contributed by atoms with Crippen molar-refractivity contribution >= 4 is 0 Å². The van der Waals surface area contributed by atoms with Crippen molar-refractivity contribution in [2.24, 2.45) is 0 Å². The van der Waals surface area contributed by atoms with E-state index in [2.05, 4.69) is 15.9 Å². The molecule has 3 aliphatic rings. The average Bonchev–Trinajstić information content (AvgIpc) is 3.34. The van der Waals surface area contributed by atoms with Crippen LogP contribution in [0, 0.1) is 0 Å². The zero-order valence-electron chi connectivity index (χ0n) is 14.6. The van der Waals surface area contributed by atoms with Gasteiger partial charge in [-0.2, -0.15) is 0 Å². The van der Waals surface area contributed by atoms with Crippen molar-refractivity contribution in [1.82, 2.24) is 9.80 Å². The third-order valence-corrected chi connectivity index (χ3v) is 5.86. The molecule has 4 rings (SSSR count). The van der Waals surface area contributed by atoms with E-state index in [1.54, 1.807) is 6.26 Å². The summed E-state index contributed by atoms with van der Waals surface area (Å²) in [6, 6.07) is 4.02.